The average Bonchev–Trinajstić information content (AvgIpc) is 2.92. The third-order valence-electron chi connectivity index (χ3n) is 6.77. The van der Waals surface area contributed by atoms with E-state index in [1.807, 2.05) is 54.6 Å². The summed E-state index contributed by atoms with van der Waals surface area (Å²) in [6.07, 6.45) is 1.69. The third kappa shape index (κ3) is 6.20. The predicted octanol–water partition coefficient (Wildman–Crippen LogP) is 3.39. The molecular weight excluding hydrogens is 568 g/mol. The van der Waals surface area contributed by atoms with E-state index in [1.54, 1.807) is 18.2 Å². The fourth-order valence-corrected chi connectivity index (χ4v) is 5.32. The number of carbonyl (C=O) groups excluding carboxylic acids is 2. The first-order chi connectivity index (χ1) is 18.5. The van der Waals surface area contributed by atoms with Crippen molar-refractivity contribution in [2.45, 2.75) is 0 Å². The zero-order chi connectivity index (χ0) is 26.5. The van der Waals surface area contributed by atoms with Gasteiger partial charge in [-0.15, -0.1) is 0 Å². The minimum Gasteiger partial charge on any atom is -0.449 e. The van der Waals surface area contributed by atoms with Gasteiger partial charge in [0.2, 0.25) is 5.91 Å². The highest BCUT2D eigenvalue weighted by atomic mass is 79.9. The van der Waals surface area contributed by atoms with Crippen LogP contribution in [0.25, 0.3) is 6.08 Å². The second kappa shape index (κ2) is 12.0. The summed E-state index contributed by atoms with van der Waals surface area (Å²) in [6, 6.07) is 22.8. The molecule has 196 valence electrons. The van der Waals surface area contributed by atoms with Gasteiger partial charge in [0.05, 0.1) is 45.0 Å². The summed E-state index contributed by atoms with van der Waals surface area (Å²) in [5.74, 6) is 0.162. The van der Waals surface area contributed by atoms with Crippen LogP contribution in [0.15, 0.2) is 83.0 Å². The number of anilines is 2. The fraction of sp³-hybridized carbons (Fsp3) is 0.241. The number of nitrogens with one attached hydrogen (secondary N) is 2. The number of fused-ring (bicyclic) bond motifs is 1. The Labute approximate surface area is 235 Å². The van der Waals surface area contributed by atoms with Gasteiger partial charge >= 0.3 is 0 Å². The molecule has 7 nitrogen and oxygen atoms in total. The third-order valence-corrected chi connectivity index (χ3v) is 7.73. The molecule has 0 bridgehead atoms. The molecular formula is C29H29BrClN4O3+. The molecule has 0 aliphatic carbocycles. The Balaban J connectivity index is 1.17. The normalized spacial score (nSPS) is 16.8. The average molecular weight is 597 g/mol. The van der Waals surface area contributed by atoms with Crippen molar-refractivity contribution in [2.75, 3.05) is 55.6 Å². The lowest BCUT2D eigenvalue weighted by Gasteiger charge is -2.34. The Morgan fingerprint density at radius 3 is 2.61 bits per heavy atom. The summed E-state index contributed by atoms with van der Waals surface area (Å²) in [7, 11) is 0. The van der Waals surface area contributed by atoms with Crippen LogP contribution in [0, 0.1) is 0 Å². The smallest absolute Gasteiger partial charge is 0.294 e. The lowest BCUT2D eigenvalue weighted by molar-refractivity contribution is -0.899. The van der Waals surface area contributed by atoms with Gasteiger partial charge in [-0.3, -0.25) is 14.5 Å². The van der Waals surface area contributed by atoms with E-state index in [0.29, 0.717) is 18.0 Å². The molecule has 0 unspecified atom stereocenters. The quantitative estimate of drug-likeness (QED) is 0.411. The highest BCUT2D eigenvalue weighted by molar-refractivity contribution is 9.10. The Morgan fingerprint density at radius 1 is 1.05 bits per heavy atom. The molecule has 0 spiro atoms. The molecule has 1 saturated heterocycles. The van der Waals surface area contributed by atoms with Crippen molar-refractivity contribution in [3.05, 3.63) is 93.6 Å². The highest BCUT2D eigenvalue weighted by Crippen LogP contribution is 2.35. The van der Waals surface area contributed by atoms with Gasteiger partial charge in [0.25, 0.3) is 5.91 Å². The number of nitrogens with zero attached hydrogens (tertiary/aromatic N) is 2. The summed E-state index contributed by atoms with van der Waals surface area (Å²) >= 11 is 9.65. The number of hydrogen-bond acceptors (Lipinski definition) is 4. The van der Waals surface area contributed by atoms with E-state index in [9.17, 15) is 9.59 Å². The van der Waals surface area contributed by atoms with Gasteiger partial charge in [-0.25, -0.2) is 0 Å². The molecule has 1 fully saturated rings. The van der Waals surface area contributed by atoms with Crippen molar-refractivity contribution in [3.8, 4) is 5.75 Å². The van der Waals surface area contributed by atoms with Crippen molar-refractivity contribution >= 4 is 56.8 Å². The summed E-state index contributed by atoms with van der Waals surface area (Å²) in [4.78, 5) is 31.5. The molecule has 2 aliphatic rings. The van der Waals surface area contributed by atoms with Crippen LogP contribution in [0.2, 0.25) is 5.02 Å². The SMILES string of the molecule is O=C(CN1C(=O)C(=Cc2ccccc2Br)Oc2ccccc21)NCC[NH+]1CCN(c2cccc(Cl)c2)CC1. The van der Waals surface area contributed by atoms with Crippen molar-refractivity contribution < 1.29 is 19.2 Å². The number of hydrogen-bond donors (Lipinski definition) is 2. The van der Waals surface area contributed by atoms with E-state index in [2.05, 4.69) is 32.2 Å². The Hall–Kier alpha value is -3.33. The van der Waals surface area contributed by atoms with Crippen LogP contribution in [0.3, 0.4) is 0 Å². The summed E-state index contributed by atoms with van der Waals surface area (Å²) < 4.78 is 6.78. The van der Waals surface area contributed by atoms with E-state index in [-0.39, 0.29) is 24.1 Å². The van der Waals surface area contributed by atoms with Gasteiger partial charge in [-0.1, -0.05) is 63.9 Å². The minimum atomic E-state index is -0.350. The molecule has 3 aromatic rings. The zero-order valence-electron chi connectivity index (χ0n) is 20.8. The van der Waals surface area contributed by atoms with E-state index < -0.39 is 0 Å². The molecule has 3 aromatic carbocycles. The number of piperazine rings is 1. The van der Waals surface area contributed by atoms with Crippen LogP contribution in [0.5, 0.6) is 5.75 Å². The maximum atomic E-state index is 13.3. The molecule has 2 N–H and O–H groups in total. The maximum Gasteiger partial charge on any atom is 0.294 e. The first-order valence-electron chi connectivity index (χ1n) is 12.6. The summed E-state index contributed by atoms with van der Waals surface area (Å²) in [5.41, 5.74) is 2.55. The van der Waals surface area contributed by atoms with Crippen molar-refractivity contribution in [2.24, 2.45) is 0 Å². The van der Waals surface area contributed by atoms with Gasteiger partial charge in [0.15, 0.2) is 11.5 Å². The van der Waals surface area contributed by atoms with E-state index in [0.717, 1.165) is 53.5 Å². The Kier molecular flexibility index (Phi) is 8.32. The monoisotopic (exact) mass is 595 g/mol. The topological polar surface area (TPSA) is 66.3 Å². The molecule has 0 atom stereocenters. The molecule has 0 aromatic heterocycles. The first kappa shape index (κ1) is 26.3. The van der Waals surface area contributed by atoms with Crippen LogP contribution >= 0.6 is 27.5 Å². The van der Waals surface area contributed by atoms with Crippen molar-refractivity contribution in [1.29, 1.82) is 0 Å². The Bertz CT molecular complexity index is 1360. The standard InChI is InChI=1S/C29H28BrClN4O3/c30-24-9-2-1-6-21(24)18-27-29(37)35(25-10-3-4-11-26(25)38-27)20-28(36)32-12-13-33-14-16-34(17-15-33)23-8-5-7-22(31)19-23/h1-11,18-19H,12-17,20H2,(H,32,36)/p+1. The molecule has 0 saturated carbocycles. The first-order valence-corrected chi connectivity index (χ1v) is 13.8. The zero-order valence-corrected chi connectivity index (χ0v) is 23.2. The van der Waals surface area contributed by atoms with Crippen LogP contribution in [-0.2, 0) is 9.59 Å². The lowest BCUT2D eigenvalue weighted by Crippen LogP contribution is -3.15. The van der Waals surface area contributed by atoms with Crippen LogP contribution in [0.4, 0.5) is 11.4 Å². The molecule has 2 amide bonds. The van der Waals surface area contributed by atoms with E-state index in [4.69, 9.17) is 16.3 Å². The summed E-state index contributed by atoms with van der Waals surface area (Å²) in [6.45, 7) is 5.15. The van der Waals surface area contributed by atoms with Crippen molar-refractivity contribution in [3.63, 3.8) is 0 Å². The maximum absolute atomic E-state index is 13.3. The molecule has 38 heavy (non-hydrogen) atoms. The molecule has 0 radical (unpaired) electrons. The van der Waals surface area contributed by atoms with Crippen LogP contribution in [0.1, 0.15) is 5.56 Å². The Morgan fingerprint density at radius 2 is 1.82 bits per heavy atom. The van der Waals surface area contributed by atoms with Crippen LogP contribution < -0.4 is 24.8 Å². The molecule has 2 aliphatic heterocycles. The number of ether oxygens (including phenoxy) is 1. The second-order valence-electron chi connectivity index (χ2n) is 9.31. The van der Waals surface area contributed by atoms with Gasteiger partial charge in [0, 0.05) is 15.2 Å². The molecule has 2 heterocycles. The second-order valence-corrected chi connectivity index (χ2v) is 10.6. The van der Waals surface area contributed by atoms with Crippen molar-refractivity contribution in [1.82, 2.24) is 5.32 Å². The number of halogens is 2. The predicted molar refractivity (Wildman–Crippen MR) is 154 cm³/mol. The number of quaternary nitrogens is 1. The summed E-state index contributed by atoms with van der Waals surface area (Å²) in [5, 5.41) is 3.75. The van der Waals surface area contributed by atoms with Gasteiger partial charge < -0.3 is 19.9 Å². The van der Waals surface area contributed by atoms with Gasteiger partial charge in [0.1, 0.15) is 6.54 Å². The van der Waals surface area contributed by atoms with Gasteiger partial charge in [-0.05, 0) is 48.0 Å². The van der Waals surface area contributed by atoms with Gasteiger partial charge in [-0.2, -0.15) is 0 Å². The molecule has 9 heteroatoms. The largest absolute Gasteiger partial charge is 0.449 e. The van der Waals surface area contributed by atoms with E-state index >= 15 is 0 Å². The lowest BCUT2D eigenvalue weighted by atomic mass is 10.1. The number of amides is 2. The van der Waals surface area contributed by atoms with Crippen LogP contribution in [-0.4, -0.2) is 57.6 Å². The number of rotatable bonds is 7. The number of para-hydroxylation sites is 2. The number of benzene rings is 3. The minimum absolute atomic E-state index is 0.0790. The highest BCUT2D eigenvalue weighted by Gasteiger charge is 2.31. The fourth-order valence-electron chi connectivity index (χ4n) is 4.73. The number of carbonyl (C=O) groups is 2. The molecule has 5 rings (SSSR count). The van der Waals surface area contributed by atoms with E-state index in [1.165, 1.54) is 9.80 Å².